The van der Waals surface area contributed by atoms with Crippen molar-refractivity contribution in [2.45, 2.75) is 24.3 Å². The van der Waals surface area contributed by atoms with Gasteiger partial charge >= 0.3 is 6.09 Å². The second-order valence-corrected chi connectivity index (χ2v) is 12.3. The molecule has 2 aliphatic heterocycles. The third-order valence-corrected chi connectivity index (χ3v) is 9.97. The van der Waals surface area contributed by atoms with Gasteiger partial charge in [-0.1, -0.05) is 77.8 Å². The van der Waals surface area contributed by atoms with Gasteiger partial charge in [0.25, 0.3) is 5.91 Å². The number of benzene rings is 3. The van der Waals surface area contributed by atoms with Gasteiger partial charge in [0.15, 0.2) is 0 Å². The highest BCUT2D eigenvalue weighted by atomic mass is 35.5. The first kappa shape index (κ1) is 28.4. The quantitative estimate of drug-likeness (QED) is 0.399. The van der Waals surface area contributed by atoms with E-state index < -0.39 is 16.1 Å². The fourth-order valence-corrected chi connectivity index (χ4v) is 7.54. The van der Waals surface area contributed by atoms with E-state index >= 15 is 0 Å². The minimum absolute atomic E-state index is 0.0649. The van der Waals surface area contributed by atoms with Crippen LogP contribution in [0.1, 0.15) is 40.0 Å². The number of halogens is 2. The molecule has 5 rings (SSSR count). The number of hydrogen-bond acceptors (Lipinski definition) is 5. The molecule has 210 valence electrons. The molecule has 1 fully saturated rings. The summed E-state index contributed by atoms with van der Waals surface area (Å²) in [4.78, 5) is 29.1. The largest absolute Gasteiger partial charge is 0.450 e. The van der Waals surface area contributed by atoms with E-state index in [1.165, 1.54) is 21.3 Å². The molecule has 3 aromatic rings. The maximum absolute atomic E-state index is 14.1. The minimum atomic E-state index is -4.08. The van der Waals surface area contributed by atoms with E-state index in [1.54, 1.807) is 11.8 Å². The Morgan fingerprint density at radius 1 is 0.900 bits per heavy atom. The number of carbonyl (C=O) groups excluding carboxylic acids is 2. The summed E-state index contributed by atoms with van der Waals surface area (Å²) in [5.41, 5.74) is 3.19. The van der Waals surface area contributed by atoms with Crippen LogP contribution in [0.4, 0.5) is 4.79 Å². The molecule has 0 aliphatic carbocycles. The van der Waals surface area contributed by atoms with Crippen molar-refractivity contribution in [2.75, 3.05) is 39.3 Å². The zero-order valence-electron chi connectivity index (χ0n) is 21.9. The van der Waals surface area contributed by atoms with Crippen LogP contribution in [0, 0.1) is 0 Å². The normalized spacial score (nSPS) is 17.8. The average Bonchev–Trinajstić information content (AvgIpc) is 2.96. The van der Waals surface area contributed by atoms with Gasteiger partial charge in [0.05, 0.1) is 28.3 Å². The Bertz CT molecular complexity index is 1530. The van der Waals surface area contributed by atoms with Gasteiger partial charge in [-0.25, -0.2) is 13.2 Å². The highest BCUT2D eigenvalue weighted by molar-refractivity contribution is 7.89. The maximum Gasteiger partial charge on any atom is 0.409 e. The maximum atomic E-state index is 14.1. The lowest BCUT2D eigenvalue weighted by molar-refractivity contribution is 0.0694. The Morgan fingerprint density at radius 3 is 2.27 bits per heavy atom. The van der Waals surface area contributed by atoms with Gasteiger partial charge in [-0.05, 0) is 42.2 Å². The van der Waals surface area contributed by atoms with Gasteiger partial charge < -0.3 is 14.5 Å². The van der Waals surface area contributed by atoms with E-state index in [9.17, 15) is 18.0 Å². The molecule has 2 heterocycles. The first-order valence-corrected chi connectivity index (χ1v) is 15.3. The molecule has 8 nitrogen and oxygen atoms in total. The van der Waals surface area contributed by atoms with Gasteiger partial charge in [-0.15, -0.1) is 0 Å². The first-order valence-electron chi connectivity index (χ1n) is 13.1. The molecule has 2 amide bonds. The smallest absolute Gasteiger partial charge is 0.409 e. The van der Waals surface area contributed by atoms with Crippen LogP contribution in [0.25, 0.3) is 0 Å². The number of rotatable bonds is 5. The van der Waals surface area contributed by atoms with Crippen molar-refractivity contribution in [2.24, 2.45) is 0 Å². The fraction of sp³-hybridized carbons (Fsp3) is 0.310. The van der Waals surface area contributed by atoms with Crippen LogP contribution in [-0.4, -0.2) is 73.9 Å². The number of nitrogens with zero attached hydrogens (tertiary/aromatic N) is 3. The standard InChI is InChI=1S/C29H29Cl2N3O5S/c1-2-39-29(36)32-14-16-33(17-15-32)40(37,38)26-18-23(24(30)19-25(26)31)28(35)34-13-12-20-8-6-7-11-22(20)27(34)21-9-4-3-5-10-21/h3-11,18-19,27H,2,12-17H2,1H3/t27-/m1/s1. The lowest BCUT2D eigenvalue weighted by atomic mass is 9.88. The highest BCUT2D eigenvalue weighted by Crippen LogP contribution is 2.38. The average molecular weight is 603 g/mol. The second-order valence-electron chi connectivity index (χ2n) is 9.61. The summed E-state index contributed by atoms with van der Waals surface area (Å²) in [7, 11) is -4.08. The predicted octanol–water partition coefficient (Wildman–Crippen LogP) is 5.24. The molecule has 0 radical (unpaired) electrons. The number of fused-ring (bicyclic) bond motifs is 1. The third kappa shape index (κ3) is 5.43. The molecule has 0 bridgehead atoms. The SMILES string of the molecule is CCOC(=O)N1CCN(S(=O)(=O)c2cc(C(=O)N3CCc4ccccc4[C@H]3c3ccccc3)c(Cl)cc2Cl)CC1. The first-order chi connectivity index (χ1) is 19.2. The van der Waals surface area contributed by atoms with Crippen molar-refractivity contribution in [3.8, 4) is 0 Å². The van der Waals surface area contributed by atoms with Crippen LogP contribution in [0.3, 0.4) is 0 Å². The Morgan fingerprint density at radius 2 is 1.57 bits per heavy atom. The van der Waals surface area contributed by atoms with E-state index in [4.69, 9.17) is 27.9 Å². The molecule has 0 saturated carbocycles. The van der Waals surface area contributed by atoms with Gasteiger partial charge in [-0.2, -0.15) is 4.31 Å². The van der Waals surface area contributed by atoms with E-state index in [1.807, 2.05) is 48.5 Å². The van der Waals surface area contributed by atoms with E-state index in [-0.39, 0.29) is 65.2 Å². The molecule has 0 aromatic heterocycles. The Labute approximate surface area is 244 Å². The summed E-state index contributed by atoms with van der Waals surface area (Å²) >= 11 is 12.9. The van der Waals surface area contributed by atoms with Crippen LogP contribution in [-0.2, 0) is 21.2 Å². The summed E-state index contributed by atoms with van der Waals surface area (Å²) in [6.45, 7) is 2.89. The van der Waals surface area contributed by atoms with E-state index in [0.29, 0.717) is 13.0 Å². The topological polar surface area (TPSA) is 87.2 Å². The van der Waals surface area contributed by atoms with E-state index in [2.05, 4.69) is 6.07 Å². The number of hydrogen-bond donors (Lipinski definition) is 0. The third-order valence-electron chi connectivity index (χ3n) is 7.29. The Hall–Kier alpha value is -3.11. The van der Waals surface area contributed by atoms with Gasteiger partial charge in [-0.3, -0.25) is 4.79 Å². The molecule has 2 aliphatic rings. The number of piperazine rings is 1. The molecular formula is C29H29Cl2N3O5S. The number of amides is 2. The van der Waals surface area contributed by atoms with Gasteiger partial charge in [0.1, 0.15) is 4.90 Å². The van der Waals surface area contributed by atoms with Crippen LogP contribution in [0.2, 0.25) is 10.0 Å². The monoisotopic (exact) mass is 601 g/mol. The molecule has 11 heteroatoms. The van der Waals surface area contributed by atoms with Crippen LogP contribution in [0.15, 0.2) is 71.6 Å². The van der Waals surface area contributed by atoms with Crippen LogP contribution in [0.5, 0.6) is 0 Å². The zero-order chi connectivity index (χ0) is 28.4. The second kappa shape index (κ2) is 11.8. The fourth-order valence-electron chi connectivity index (χ4n) is 5.29. The number of ether oxygens (including phenoxy) is 1. The Kier molecular flexibility index (Phi) is 8.37. The van der Waals surface area contributed by atoms with Crippen molar-refractivity contribution < 1.29 is 22.7 Å². The van der Waals surface area contributed by atoms with Crippen molar-refractivity contribution in [1.29, 1.82) is 0 Å². The van der Waals surface area contributed by atoms with E-state index in [0.717, 1.165) is 16.7 Å². The summed E-state index contributed by atoms with van der Waals surface area (Å²) < 4.78 is 33.6. The molecule has 0 spiro atoms. The molecule has 0 N–H and O–H groups in total. The summed E-state index contributed by atoms with van der Waals surface area (Å²) in [6.07, 6.45) is 0.180. The predicted molar refractivity (Wildman–Crippen MR) is 153 cm³/mol. The highest BCUT2D eigenvalue weighted by Gasteiger charge is 2.36. The van der Waals surface area contributed by atoms with Crippen molar-refractivity contribution in [3.63, 3.8) is 0 Å². The minimum Gasteiger partial charge on any atom is -0.450 e. The molecule has 1 atom stereocenters. The summed E-state index contributed by atoms with van der Waals surface area (Å²) in [6, 6.07) is 20.0. The molecule has 40 heavy (non-hydrogen) atoms. The van der Waals surface area contributed by atoms with Crippen molar-refractivity contribution >= 4 is 45.2 Å². The zero-order valence-corrected chi connectivity index (χ0v) is 24.3. The molecule has 3 aromatic carbocycles. The molecule has 1 saturated heterocycles. The van der Waals surface area contributed by atoms with Gasteiger partial charge in [0, 0.05) is 32.7 Å². The molecule has 0 unspecified atom stereocenters. The van der Waals surface area contributed by atoms with Crippen molar-refractivity contribution in [3.05, 3.63) is 99.0 Å². The van der Waals surface area contributed by atoms with Gasteiger partial charge in [0.2, 0.25) is 10.0 Å². The Balaban J connectivity index is 1.47. The lowest BCUT2D eigenvalue weighted by Gasteiger charge is -2.38. The van der Waals surface area contributed by atoms with Crippen LogP contribution < -0.4 is 0 Å². The summed E-state index contributed by atoms with van der Waals surface area (Å²) in [5.74, 6) is -0.381. The van der Waals surface area contributed by atoms with Crippen molar-refractivity contribution in [1.82, 2.24) is 14.1 Å². The molecular weight excluding hydrogens is 573 g/mol. The number of sulfonamides is 1. The van der Waals surface area contributed by atoms with Crippen LogP contribution >= 0.6 is 23.2 Å². The summed E-state index contributed by atoms with van der Waals surface area (Å²) in [5, 5.41) is 0.00437. The number of carbonyl (C=O) groups is 2. The lowest BCUT2D eigenvalue weighted by Crippen LogP contribution is -2.50.